The Balaban J connectivity index is 2.23. The van der Waals surface area contributed by atoms with Crippen LogP contribution in [0.2, 0.25) is 0 Å². The molecule has 2 rings (SSSR count). The van der Waals surface area contributed by atoms with E-state index >= 15 is 0 Å². The van der Waals surface area contributed by atoms with E-state index in [1.54, 1.807) is 7.11 Å². The second-order valence-corrected chi connectivity index (χ2v) is 5.11. The van der Waals surface area contributed by atoms with Crippen molar-refractivity contribution in [2.75, 3.05) is 20.3 Å². The molecule has 0 radical (unpaired) electrons. The van der Waals surface area contributed by atoms with E-state index in [0.717, 1.165) is 25.1 Å². The number of fused-ring (bicyclic) bond motifs is 1. The lowest BCUT2D eigenvalue weighted by Gasteiger charge is -2.40. The van der Waals surface area contributed by atoms with Crippen LogP contribution >= 0.6 is 0 Å². The summed E-state index contributed by atoms with van der Waals surface area (Å²) in [6.45, 7) is 5.74. The van der Waals surface area contributed by atoms with Gasteiger partial charge in [-0.1, -0.05) is 6.07 Å². The molecule has 1 aromatic carbocycles. The van der Waals surface area contributed by atoms with Crippen LogP contribution in [0.5, 0.6) is 5.75 Å². The molecule has 0 spiro atoms. The molecule has 18 heavy (non-hydrogen) atoms. The van der Waals surface area contributed by atoms with Gasteiger partial charge in [0.05, 0.1) is 7.11 Å². The molecule has 0 amide bonds. The minimum absolute atomic E-state index is 0.269. The Labute approximate surface area is 109 Å². The molecule has 0 aromatic heterocycles. The van der Waals surface area contributed by atoms with Gasteiger partial charge in [-0.2, -0.15) is 0 Å². The molecule has 100 valence electrons. The fraction of sp³-hybridized carbons (Fsp3) is 0.600. The second-order valence-electron chi connectivity index (χ2n) is 5.11. The van der Waals surface area contributed by atoms with E-state index in [-0.39, 0.29) is 6.61 Å². The van der Waals surface area contributed by atoms with Crippen LogP contribution in [0.25, 0.3) is 0 Å². The molecule has 0 unspecified atom stereocenters. The number of benzene rings is 1. The molecule has 1 aliphatic rings. The van der Waals surface area contributed by atoms with Crippen LogP contribution in [-0.4, -0.2) is 36.3 Å². The number of hydrogen-bond acceptors (Lipinski definition) is 3. The van der Waals surface area contributed by atoms with Crippen molar-refractivity contribution in [2.24, 2.45) is 0 Å². The SMILES string of the molecule is COc1ccc2c(c1)C[C@@H](C)N(CCCO)[C@H]2C. The number of rotatable bonds is 4. The summed E-state index contributed by atoms with van der Waals surface area (Å²) in [5.74, 6) is 0.942. The molecule has 3 nitrogen and oxygen atoms in total. The van der Waals surface area contributed by atoms with Gasteiger partial charge in [0.25, 0.3) is 0 Å². The van der Waals surface area contributed by atoms with Gasteiger partial charge in [-0.05, 0) is 49.9 Å². The average molecular weight is 249 g/mol. The van der Waals surface area contributed by atoms with E-state index in [1.165, 1.54) is 11.1 Å². The molecule has 0 saturated heterocycles. The molecule has 0 fully saturated rings. The fourth-order valence-corrected chi connectivity index (χ4v) is 2.96. The lowest BCUT2D eigenvalue weighted by atomic mass is 9.89. The van der Waals surface area contributed by atoms with Crippen molar-refractivity contribution in [1.29, 1.82) is 0 Å². The summed E-state index contributed by atoms with van der Waals surface area (Å²) in [4.78, 5) is 2.48. The largest absolute Gasteiger partial charge is 0.497 e. The summed E-state index contributed by atoms with van der Waals surface area (Å²) >= 11 is 0. The Bertz CT molecular complexity index is 405. The van der Waals surface area contributed by atoms with Crippen LogP contribution in [-0.2, 0) is 6.42 Å². The van der Waals surface area contributed by atoms with E-state index in [4.69, 9.17) is 9.84 Å². The quantitative estimate of drug-likeness (QED) is 0.889. The van der Waals surface area contributed by atoms with E-state index in [2.05, 4.69) is 30.9 Å². The van der Waals surface area contributed by atoms with Gasteiger partial charge >= 0.3 is 0 Å². The van der Waals surface area contributed by atoms with Crippen molar-refractivity contribution < 1.29 is 9.84 Å². The minimum Gasteiger partial charge on any atom is -0.497 e. The van der Waals surface area contributed by atoms with Crippen LogP contribution in [0.1, 0.15) is 37.4 Å². The van der Waals surface area contributed by atoms with Crippen molar-refractivity contribution in [3.8, 4) is 5.75 Å². The Kier molecular flexibility index (Phi) is 4.25. The van der Waals surface area contributed by atoms with Crippen LogP contribution < -0.4 is 4.74 Å². The van der Waals surface area contributed by atoms with E-state index in [1.807, 2.05) is 6.07 Å². The van der Waals surface area contributed by atoms with Crippen LogP contribution in [0.15, 0.2) is 18.2 Å². The zero-order valence-corrected chi connectivity index (χ0v) is 11.5. The molecule has 1 N–H and O–H groups in total. The Morgan fingerprint density at radius 3 is 2.83 bits per heavy atom. The first-order valence-corrected chi connectivity index (χ1v) is 6.70. The summed E-state index contributed by atoms with van der Waals surface area (Å²) in [6, 6.07) is 7.31. The smallest absolute Gasteiger partial charge is 0.119 e. The van der Waals surface area contributed by atoms with Gasteiger partial charge in [0.15, 0.2) is 0 Å². The fourth-order valence-electron chi connectivity index (χ4n) is 2.96. The zero-order valence-electron chi connectivity index (χ0n) is 11.5. The van der Waals surface area contributed by atoms with Gasteiger partial charge in [0.1, 0.15) is 5.75 Å². The maximum absolute atomic E-state index is 8.99. The predicted octanol–water partition coefficient (Wildman–Crippen LogP) is 2.39. The Morgan fingerprint density at radius 2 is 2.17 bits per heavy atom. The van der Waals surface area contributed by atoms with Gasteiger partial charge in [-0.15, -0.1) is 0 Å². The highest BCUT2D eigenvalue weighted by molar-refractivity contribution is 5.39. The van der Waals surface area contributed by atoms with E-state index < -0.39 is 0 Å². The third-order valence-electron chi connectivity index (χ3n) is 3.95. The van der Waals surface area contributed by atoms with Gasteiger partial charge in [0, 0.05) is 25.2 Å². The summed E-state index contributed by atoms with van der Waals surface area (Å²) < 4.78 is 5.30. The van der Waals surface area contributed by atoms with Crippen molar-refractivity contribution in [3.05, 3.63) is 29.3 Å². The molecule has 0 aliphatic carbocycles. The van der Waals surface area contributed by atoms with Crippen LogP contribution in [0.4, 0.5) is 0 Å². The van der Waals surface area contributed by atoms with Crippen LogP contribution in [0.3, 0.4) is 0 Å². The molecule has 0 bridgehead atoms. The molecular weight excluding hydrogens is 226 g/mol. The Morgan fingerprint density at radius 1 is 1.39 bits per heavy atom. The summed E-state index contributed by atoms with van der Waals surface area (Å²) in [5, 5.41) is 8.99. The molecular formula is C15H23NO2. The lowest BCUT2D eigenvalue weighted by Crippen LogP contribution is -2.41. The van der Waals surface area contributed by atoms with Crippen LogP contribution in [0, 0.1) is 0 Å². The number of hydrogen-bond donors (Lipinski definition) is 1. The maximum atomic E-state index is 8.99. The first-order valence-electron chi connectivity index (χ1n) is 6.70. The number of aliphatic hydroxyl groups excluding tert-OH is 1. The average Bonchev–Trinajstić information content (AvgIpc) is 2.38. The molecule has 1 aromatic rings. The number of nitrogens with zero attached hydrogens (tertiary/aromatic N) is 1. The van der Waals surface area contributed by atoms with Crippen molar-refractivity contribution in [2.45, 2.75) is 38.8 Å². The molecule has 3 heteroatoms. The summed E-state index contributed by atoms with van der Waals surface area (Å²) in [7, 11) is 1.71. The molecule has 2 atom stereocenters. The number of ether oxygens (including phenoxy) is 1. The summed E-state index contributed by atoms with van der Waals surface area (Å²) in [5.41, 5.74) is 2.79. The lowest BCUT2D eigenvalue weighted by molar-refractivity contribution is 0.125. The second kappa shape index (κ2) is 5.72. The molecule has 1 heterocycles. The minimum atomic E-state index is 0.269. The van der Waals surface area contributed by atoms with Crippen molar-refractivity contribution in [1.82, 2.24) is 4.90 Å². The molecule has 1 aliphatic heterocycles. The van der Waals surface area contributed by atoms with Gasteiger partial charge in [0.2, 0.25) is 0 Å². The van der Waals surface area contributed by atoms with Crippen molar-refractivity contribution >= 4 is 0 Å². The van der Waals surface area contributed by atoms with Gasteiger partial charge in [-0.25, -0.2) is 0 Å². The van der Waals surface area contributed by atoms with E-state index in [9.17, 15) is 0 Å². The highest BCUT2D eigenvalue weighted by Crippen LogP contribution is 2.34. The Hall–Kier alpha value is -1.06. The maximum Gasteiger partial charge on any atom is 0.119 e. The number of aliphatic hydroxyl groups is 1. The number of methoxy groups -OCH3 is 1. The topological polar surface area (TPSA) is 32.7 Å². The predicted molar refractivity (Wildman–Crippen MR) is 73.0 cm³/mol. The third-order valence-corrected chi connectivity index (χ3v) is 3.95. The summed E-state index contributed by atoms with van der Waals surface area (Å²) in [6.07, 6.45) is 1.91. The first-order chi connectivity index (χ1) is 8.67. The normalized spacial score (nSPS) is 23.8. The highest BCUT2D eigenvalue weighted by Gasteiger charge is 2.28. The van der Waals surface area contributed by atoms with Gasteiger partial charge in [-0.3, -0.25) is 4.90 Å². The van der Waals surface area contributed by atoms with Gasteiger partial charge < -0.3 is 9.84 Å². The monoisotopic (exact) mass is 249 g/mol. The highest BCUT2D eigenvalue weighted by atomic mass is 16.5. The standard InChI is InChI=1S/C15H23NO2/c1-11-9-13-10-14(18-3)5-6-15(13)12(2)16(11)7-4-8-17/h5-6,10-12,17H,4,7-9H2,1-3H3/t11-,12+/m1/s1. The zero-order chi connectivity index (χ0) is 13.1. The third kappa shape index (κ3) is 2.52. The van der Waals surface area contributed by atoms with Crippen molar-refractivity contribution in [3.63, 3.8) is 0 Å². The van der Waals surface area contributed by atoms with E-state index in [0.29, 0.717) is 12.1 Å². The first kappa shape index (κ1) is 13.4. The molecule has 0 saturated carbocycles.